The third-order valence-corrected chi connectivity index (χ3v) is 4.20. The van der Waals surface area contributed by atoms with Crippen LogP contribution in [0, 0.1) is 18.6 Å². The smallest absolute Gasteiger partial charge is 0.273 e. The van der Waals surface area contributed by atoms with Gasteiger partial charge in [-0.15, -0.1) is 0 Å². The van der Waals surface area contributed by atoms with Crippen molar-refractivity contribution in [3.8, 4) is 11.4 Å². The summed E-state index contributed by atoms with van der Waals surface area (Å²) in [7, 11) is 1.59. The fourth-order valence-electron chi connectivity index (χ4n) is 2.76. The predicted octanol–water partition coefficient (Wildman–Crippen LogP) is 3.35. The van der Waals surface area contributed by atoms with Crippen molar-refractivity contribution in [1.29, 1.82) is 0 Å². The number of carbonyl (C=O) groups is 1. The molecule has 0 aliphatic rings. The van der Waals surface area contributed by atoms with Crippen molar-refractivity contribution in [1.82, 2.24) is 20.1 Å². The van der Waals surface area contributed by atoms with E-state index >= 15 is 0 Å². The van der Waals surface area contributed by atoms with E-state index < -0.39 is 29.3 Å². The third kappa shape index (κ3) is 3.79. The molecule has 0 aliphatic heterocycles. The Morgan fingerprint density at radius 2 is 1.93 bits per heavy atom. The number of rotatable bonds is 5. The molecule has 0 saturated heterocycles. The van der Waals surface area contributed by atoms with Crippen LogP contribution in [0.3, 0.4) is 0 Å². The summed E-state index contributed by atoms with van der Waals surface area (Å²) < 4.78 is 33.6. The largest absolute Gasteiger partial charge is 0.497 e. The van der Waals surface area contributed by atoms with Crippen LogP contribution in [0.4, 0.5) is 8.78 Å². The number of amides is 1. The van der Waals surface area contributed by atoms with Gasteiger partial charge in [0.05, 0.1) is 31.2 Å². The number of halogens is 2. The monoisotopic (exact) mass is 372 g/mol. The number of benzene rings is 1. The van der Waals surface area contributed by atoms with Crippen molar-refractivity contribution >= 4 is 5.91 Å². The van der Waals surface area contributed by atoms with Gasteiger partial charge >= 0.3 is 0 Å². The van der Waals surface area contributed by atoms with E-state index in [4.69, 9.17) is 4.74 Å². The van der Waals surface area contributed by atoms with Crippen LogP contribution in [0.25, 0.3) is 5.69 Å². The molecule has 0 bridgehead atoms. The molecule has 1 N–H and O–H groups in total. The van der Waals surface area contributed by atoms with Crippen LogP contribution >= 0.6 is 0 Å². The SMILES string of the molecule is COc1ccc(-n2ncc([C@H](C)NC(=O)c3ncc(F)cc3F)c2C)cc1. The van der Waals surface area contributed by atoms with Crippen LogP contribution in [0.2, 0.25) is 0 Å². The molecule has 3 aromatic rings. The molecule has 2 heterocycles. The second-order valence-corrected chi connectivity index (χ2v) is 5.97. The summed E-state index contributed by atoms with van der Waals surface area (Å²) in [4.78, 5) is 15.8. The highest BCUT2D eigenvalue weighted by Gasteiger charge is 2.20. The number of carbonyl (C=O) groups excluding carboxylic acids is 1. The minimum absolute atomic E-state index is 0.448. The molecule has 6 nitrogen and oxygen atoms in total. The van der Waals surface area contributed by atoms with Gasteiger partial charge in [-0.05, 0) is 38.1 Å². The summed E-state index contributed by atoms with van der Waals surface area (Å²) in [6, 6.07) is 7.55. The lowest BCUT2D eigenvalue weighted by Crippen LogP contribution is -2.28. The molecule has 27 heavy (non-hydrogen) atoms. The van der Waals surface area contributed by atoms with Gasteiger partial charge in [-0.2, -0.15) is 5.10 Å². The first-order chi connectivity index (χ1) is 12.9. The molecular formula is C19H18F2N4O2. The molecule has 0 fully saturated rings. The van der Waals surface area contributed by atoms with Crippen LogP contribution in [-0.2, 0) is 0 Å². The third-order valence-electron chi connectivity index (χ3n) is 4.20. The van der Waals surface area contributed by atoms with E-state index in [1.165, 1.54) is 0 Å². The van der Waals surface area contributed by atoms with E-state index in [9.17, 15) is 13.6 Å². The van der Waals surface area contributed by atoms with Crippen molar-refractivity contribution in [2.75, 3.05) is 7.11 Å². The Labute approximate surface area is 154 Å². The van der Waals surface area contributed by atoms with Gasteiger partial charge in [0.15, 0.2) is 11.5 Å². The Hall–Kier alpha value is -3.29. The summed E-state index contributed by atoms with van der Waals surface area (Å²) in [5.41, 5.74) is 1.97. The molecular weight excluding hydrogens is 354 g/mol. The highest BCUT2D eigenvalue weighted by Crippen LogP contribution is 2.22. The highest BCUT2D eigenvalue weighted by atomic mass is 19.1. The number of aromatic nitrogens is 3. The summed E-state index contributed by atoms with van der Waals surface area (Å²) in [6.07, 6.45) is 2.44. The van der Waals surface area contributed by atoms with E-state index in [1.807, 2.05) is 31.2 Å². The number of ether oxygens (including phenoxy) is 1. The molecule has 8 heteroatoms. The van der Waals surface area contributed by atoms with E-state index in [-0.39, 0.29) is 0 Å². The Bertz CT molecular complexity index is 970. The van der Waals surface area contributed by atoms with Crippen molar-refractivity contribution in [3.63, 3.8) is 0 Å². The minimum atomic E-state index is -1.01. The van der Waals surface area contributed by atoms with Crippen molar-refractivity contribution < 1.29 is 18.3 Å². The molecule has 0 aliphatic carbocycles. The highest BCUT2D eigenvalue weighted by molar-refractivity contribution is 5.92. The van der Waals surface area contributed by atoms with E-state index in [0.29, 0.717) is 6.07 Å². The summed E-state index contributed by atoms with van der Waals surface area (Å²) in [6.45, 7) is 3.62. The molecule has 2 aromatic heterocycles. The second-order valence-electron chi connectivity index (χ2n) is 5.97. The fraction of sp³-hybridized carbons (Fsp3) is 0.211. The number of hydrogen-bond acceptors (Lipinski definition) is 4. The van der Waals surface area contributed by atoms with Gasteiger partial charge in [0.25, 0.3) is 5.91 Å². The van der Waals surface area contributed by atoms with Crippen LogP contribution in [-0.4, -0.2) is 27.8 Å². The maximum absolute atomic E-state index is 13.7. The zero-order valence-corrected chi connectivity index (χ0v) is 15.0. The van der Waals surface area contributed by atoms with Gasteiger partial charge in [0.2, 0.25) is 0 Å². The van der Waals surface area contributed by atoms with E-state index in [2.05, 4.69) is 15.4 Å². The summed E-state index contributed by atoms with van der Waals surface area (Å²) >= 11 is 0. The Balaban J connectivity index is 1.80. The van der Waals surface area contributed by atoms with Crippen molar-refractivity contribution in [2.45, 2.75) is 19.9 Å². The topological polar surface area (TPSA) is 69.0 Å². The number of pyridine rings is 1. The second kappa shape index (κ2) is 7.53. The van der Waals surface area contributed by atoms with Gasteiger partial charge in [0.1, 0.15) is 11.6 Å². The zero-order valence-electron chi connectivity index (χ0n) is 15.0. The molecule has 0 saturated carbocycles. The summed E-state index contributed by atoms with van der Waals surface area (Å²) in [5, 5.41) is 7.02. The number of methoxy groups -OCH3 is 1. The molecule has 140 valence electrons. The Kier molecular flexibility index (Phi) is 5.16. The van der Waals surface area contributed by atoms with Crippen LogP contribution in [0.5, 0.6) is 5.75 Å². The average Bonchev–Trinajstić information content (AvgIpc) is 3.03. The minimum Gasteiger partial charge on any atom is -0.497 e. The lowest BCUT2D eigenvalue weighted by Gasteiger charge is -2.14. The van der Waals surface area contributed by atoms with Gasteiger partial charge in [0, 0.05) is 17.3 Å². The molecule has 0 radical (unpaired) electrons. The standard InChI is InChI=1S/C19H18F2N4O2/c1-11(24-19(26)18-17(21)8-13(20)9-22-18)16-10-23-25(12(16)2)14-4-6-15(27-3)7-5-14/h4-11H,1-3H3,(H,24,26)/t11-/m0/s1. The van der Waals surface area contributed by atoms with Gasteiger partial charge < -0.3 is 10.1 Å². The molecule has 1 amide bonds. The van der Waals surface area contributed by atoms with E-state index in [1.54, 1.807) is 24.9 Å². The molecule has 3 rings (SSSR count). The predicted molar refractivity (Wildman–Crippen MR) is 94.9 cm³/mol. The lowest BCUT2D eigenvalue weighted by molar-refractivity contribution is 0.0930. The molecule has 0 spiro atoms. The van der Waals surface area contributed by atoms with Gasteiger partial charge in [-0.1, -0.05) is 0 Å². The average molecular weight is 372 g/mol. The fourth-order valence-corrected chi connectivity index (χ4v) is 2.76. The van der Waals surface area contributed by atoms with Crippen molar-refractivity contribution in [2.24, 2.45) is 0 Å². The first-order valence-corrected chi connectivity index (χ1v) is 8.21. The van der Waals surface area contributed by atoms with Crippen LogP contribution in [0.15, 0.2) is 42.7 Å². The maximum Gasteiger partial charge on any atom is 0.273 e. The first-order valence-electron chi connectivity index (χ1n) is 8.21. The lowest BCUT2D eigenvalue weighted by atomic mass is 10.1. The Morgan fingerprint density at radius 1 is 1.22 bits per heavy atom. The van der Waals surface area contributed by atoms with Gasteiger partial charge in [-0.25, -0.2) is 18.4 Å². The maximum atomic E-state index is 13.7. The molecule has 0 unspecified atom stereocenters. The number of nitrogens with zero attached hydrogens (tertiary/aromatic N) is 3. The Morgan fingerprint density at radius 3 is 2.56 bits per heavy atom. The van der Waals surface area contributed by atoms with Crippen LogP contribution < -0.4 is 10.1 Å². The quantitative estimate of drug-likeness (QED) is 0.746. The number of nitrogens with one attached hydrogen (secondary N) is 1. The van der Waals surface area contributed by atoms with Crippen LogP contribution in [0.1, 0.15) is 34.7 Å². The molecule has 1 aromatic carbocycles. The summed E-state index contributed by atoms with van der Waals surface area (Å²) in [5.74, 6) is -1.84. The normalized spacial score (nSPS) is 11.9. The zero-order chi connectivity index (χ0) is 19.6. The van der Waals surface area contributed by atoms with Crippen molar-refractivity contribution in [3.05, 3.63) is 71.3 Å². The van der Waals surface area contributed by atoms with Gasteiger partial charge in [-0.3, -0.25) is 4.79 Å². The number of hydrogen-bond donors (Lipinski definition) is 1. The first kappa shape index (κ1) is 18.5. The molecule has 1 atom stereocenters. The van der Waals surface area contributed by atoms with E-state index in [0.717, 1.165) is 28.9 Å².